The molecule has 2 rings (SSSR count). The van der Waals surface area contributed by atoms with Gasteiger partial charge in [-0.15, -0.1) is 0 Å². The number of halogens is 1. The van der Waals surface area contributed by atoms with Crippen LogP contribution in [0.25, 0.3) is 0 Å². The Morgan fingerprint density at radius 1 is 1.32 bits per heavy atom. The van der Waals surface area contributed by atoms with Crippen LogP contribution in [0.15, 0.2) is 24.3 Å². The van der Waals surface area contributed by atoms with Gasteiger partial charge in [-0.3, -0.25) is 9.69 Å². The molecule has 0 radical (unpaired) electrons. The van der Waals surface area contributed by atoms with Crippen molar-refractivity contribution in [3.05, 3.63) is 35.6 Å². The second kappa shape index (κ2) is 8.86. The van der Waals surface area contributed by atoms with E-state index in [9.17, 15) is 9.18 Å². The zero-order valence-corrected chi connectivity index (χ0v) is 13.1. The molecule has 1 aromatic carbocycles. The maximum Gasteiger partial charge on any atom is 0.234 e. The van der Waals surface area contributed by atoms with Gasteiger partial charge in [-0.25, -0.2) is 4.39 Å². The maximum atomic E-state index is 12.8. The van der Waals surface area contributed by atoms with Gasteiger partial charge in [0.1, 0.15) is 5.82 Å². The van der Waals surface area contributed by atoms with Crippen LogP contribution in [-0.4, -0.2) is 43.0 Å². The summed E-state index contributed by atoms with van der Waals surface area (Å²) in [6.07, 6.45) is 5.21. The van der Waals surface area contributed by atoms with Gasteiger partial charge in [0.05, 0.1) is 6.54 Å². The fourth-order valence-corrected chi connectivity index (χ4v) is 3.03. The summed E-state index contributed by atoms with van der Waals surface area (Å²) in [5, 5.41) is 2.95. The molecular weight excluding hydrogens is 281 g/mol. The second-order valence-corrected chi connectivity index (χ2v) is 5.92. The minimum atomic E-state index is -0.233. The molecule has 0 bridgehead atoms. The van der Waals surface area contributed by atoms with Crippen molar-refractivity contribution in [2.24, 2.45) is 5.73 Å². The average Bonchev–Trinajstić information content (AvgIpc) is 2.51. The number of rotatable bonds is 7. The Morgan fingerprint density at radius 3 is 2.82 bits per heavy atom. The summed E-state index contributed by atoms with van der Waals surface area (Å²) in [5.41, 5.74) is 6.68. The molecule has 0 aliphatic carbocycles. The van der Waals surface area contributed by atoms with Crippen molar-refractivity contribution in [1.29, 1.82) is 0 Å². The van der Waals surface area contributed by atoms with Crippen molar-refractivity contribution in [3.63, 3.8) is 0 Å². The summed E-state index contributed by atoms with van der Waals surface area (Å²) in [5.74, 6) is -0.171. The molecule has 1 aromatic rings. The SMILES string of the molecule is NCCC1CCCCN1CC(=O)NCCc1ccc(F)cc1. The lowest BCUT2D eigenvalue weighted by molar-refractivity contribution is -0.123. The molecule has 1 aliphatic rings. The number of piperidine rings is 1. The zero-order valence-electron chi connectivity index (χ0n) is 13.1. The number of hydrogen-bond acceptors (Lipinski definition) is 3. The number of benzene rings is 1. The van der Waals surface area contributed by atoms with Gasteiger partial charge in [-0.2, -0.15) is 0 Å². The van der Waals surface area contributed by atoms with E-state index in [-0.39, 0.29) is 11.7 Å². The molecule has 1 heterocycles. The first-order valence-corrected chi connectivity index (χ1v) is 8.14. The first kappa shape index (κ1) is 16.9. The molecular formula is C17H26FN3O. The third kappa shape index (κ3) is 5.39. The highest BCUT2D eigenvalue weighted by Crippen LogP contribution is 2.18. The van der Waals surface area contributed by atoms with Crippen molar-refractivity contribution in [1.82, 2.24) is 10.2 Å². The Kier molecular flexibility index (Phi) is 6.80. The van der Waals surface area contributed by atoms with Crippen LogP contribution in [0.1, 0.15) is 31.2 Å². The Bertz CT molecular complexity index is 461. The lowest BCUT2D eigenvalue weighted by atomic mass is 9.99. The molecule has 1 saturated heterocycles. The third-order valence-electron chi connectivity index (χ3n) is 4.24. The first-order valence-electron chi connectivity index (χ1n) is 8.14. The maximum absolute atomic E-state index is 12.8. The number of carbonyl (C=O) groups is 1. The highest BCUT2D eigenvalue weighted by atomic mass is 19.1. The molecule has 5 heteroatoms. The van der Waals surface area contributed by atoms with Crippen LogP contribution < -0.4 is 11.1 Å². The van der Waals surface area contributed by atoms with Gasteiger partial charge < -0.3 is 11.1 Å². The van der Waals surface area contributed by atoms with E-state index in [4.69, 9.17) is 5.73 Å². The summed E-state index contributed by atoms with van der Waals surface area (Å²) < 4.78 is 12.8. The second-order valence-electron chi connectivity index (χ2n) is 5.92. The van der Waals surface area contributed by atoms with Gasteiger partial charge in [-0.1, -0.05) is 18.6 Å². The zero-order chi connectivity index (χ0) is 15.8. The molecule has 122 valence electrons. The number of amides is 1. The first-order chi connectivity index (χ1) is 10.7. The third-order valence-corrected chi connectivity index (χ3v) is 4.24. The van der Waals surface area contributed by atoms with Crippen molar-refractivity contribution in [2.75, 3.05) is 26.2 Å². The van der Waals surface area contributed by atoms with Gasteiger partial charge in [0.25, 0.3) is 0 Å². The summed E-state index contributed by atoms with van der Waals surface area (Å²) in [6.45, 7) is 2.69. The topological polar surface area (TPSA) is 58.4 Å². The number of nitrogens with one attached hydrogen (secondary N) is 1. The fraction of sp³-hybridized carbons (Fsp3) is 0.588. The van der Waals surface area contributed by atoms with E-state index >= 15 is 0 Å². The predicted octanol–water partition coefficient (Wildman–Crippen LogP) is 1.69. The molecule has 1 atom stereocenters. The van der Waals surface area contributed by atoms with E-state index in [0.717, 1.165) is 37.8 Å². The number of likely N-dealkylation sites (tertiary alicyclic amines) is 1. The fourth-order valence-electron chi connectivity index (χ4n) is 3.03. The van der Waals surface area contributed by atoms with Crippen LogP contribution in [0.5, 0.6) is 0 Å². The van der Waals surface area contributed by atoms with Crippen molar-refractivity contribution in [3.8, 4) is 0 Å². The van der Waals surface area contributed by atoms with Gasteiger partial charge in [-0.05, 0) is 56.5 Å². The summed E-state index contributed by atoms with van der Waals surface area (Å²) in [7, 11) is 0. The lowest BCUT2D eigenvalue weighted by Crippen LogP contribution is -2.46. The van der Waals surface area contributed by atoms with Crippen LogP contribution in [0.2, 0.25) is 0 Å². The van der Waals surface area contributed by atoms with E-state index in [2.05, 4.69) is 10.2 Å². The summed E-state index contributed by atoms with van der Waals surface area (Å²) >= 11 is 0. The van der Waals surface area contributed by atoms with Crippen LogP contribution >= 0.6 is 0 Å². The predicted molar refractivity (Wildman–Crippen MR) is 86.0 cm³/mol. The summed E-state index contributed by atoms with van der Waals surface area (Å²) in [6, 6.07) is 6.85. The lowest BCUT2D eigenvalue weighted by Gasteiger charge is -2.35. The van der Waals surface area contributed by atoms with E-state index in [1.54, 1.807) is 12.1 Å². The minimum absolute atomic E-state index is 0.0611. The van der Waals surface area contributed by atoms with Crippen LogP contribution in [0, 0.1) is 5.82 Å². The van der Waals surface area contributed by atoms with E-state index in [1.807, 2.05) is 0 Å². The smallest absolute Gasteiger partial charge is 0.234 e. The van der Waals surface area contributed by atoms with E-state index in [1.165, 1.54) is 18.6 Å². The monoisotopic (exact) mass is 307 g/mol. The Balaban J connectivity index is 1.71. The molecule has 1 aliphatic heterocycles. The Hall–Kier alpha value is -1.46. The Morgan fingerprint density at radius 2 is 2.09 bits per heavy atom. The van der Waals surface area contributed by atoms with Gasteiger partial charge in [0.15, 0.2) is 0 Å². The van der Waals surface area contributed by atoms with Crippen LogP contribution in [0.4, 0.5) is 4.39 Å². The number of nitrogens with zero attached hydrogens (tertiary/aromatic N) is 1. The highest BCUT2D eigenvalue weighted by Gasteiger charge is 2.23. The van der Waals surface area contributed by atoms with E-state index < -0.39 is 0 Å². The molecule has 3 N–H and O–H groups in total. The van der Waals surface area contributed by atoms with Gasteiger partial charge >= 0.3 is 0 Å². The molecule has 1 unspecified atom stereocenters. The van der Waals surface area contributed by atoms with Crippen molar-refractivity contribution >= 4 is 5.91 Å². The number of hydrogen-bond donors (Lipinski definition) is 2. The van der Waals surface area contributed by atoms with Gasteiger partial charge in [0.2, 0.25) is 5.91 Å². The molecule has 4 nitrogen and oxygen atoms in total. The quantitative estimate of drug-likeness (QED) is 0.806. The molecule has 22 heavy (non-hydrogen) atoms. The number of carbonyl (C=O) groups excluding carboxylic acids is 1. The van der Waals surface area contributed by atoms with Crippen LogP contribution in [0.3, 0.4) is 0 Å². The molecule has 0 saturated carbocycles. The van der Waals surface area contributed by atoms with Crippen LogP contribution in [-0.2, 0) is 11.2 Å². The Labute approximate surface area is 131 Å². The van der Waals surface area contributed by atoms with Crippen molar-refractivity contribution in [2.45, 2.75) is 38.1 Å². The normalized spacial score (nSPS) is 19.1. The number of nitrogens with two attached hydrogens (primary N) is 1. The molecule has 1 amide bonds. The van der Waals surface area contributed by atoms with E-state index in [0.29, 0.717) is 25.7 Å². The highest BCUT2D eigenvalue weighted by molar-refractivity contribution is 5.78. The van der Waals surface area contributed by atoms with Crippen molar-refractivity contribution < 1.29 is 9.18 Å². The minimum Gasteiger partial charge on any atom is -0.355 e. The molecule has 0 spiro atoms. The molecule has 1 fully saturated rings. The standard InChI is InChI=1S/C17H26FN3O/c18-15-6-4-14(5-7-15)9-11-20-17(22)13-21-12-2-1-3-16(21)8-10-19/h4-7,16H,1-3,8-13,19H2,(H,20,22). The summed E-state index contributed by atoms with van der Waals surface area (Å²) in [4.78, 5) is 14.3. The van der Waals surface area contributed by atoms with Gasteiger partial charge in [0, 0.05) is 12.6 Å². The molecule has 0 aromatic heterocycles. The average molecular weight is 307 g/mol. The largest absolute Gasteiger partial charge is 0.355 e.